The Morgan fingerprint density at radius 1 is 1.16 bits per heavy atom. The number of halogens is 1. The van der Waals surface area contributed by atoms with Gasteiger partial charge in [0, 0.05) is 42.8 Å². The van der Waals surface area contributed by atoms with E-state index in [1.54, 1.807) is 48.3 Å². The Bertz CT molecular complexity index is 1200. The number of anilines is 1. The lowest BCUT2D eigenvalue weighted by Crippen LogP contribution is -2.61. The Morgan fingerprint density at radius 3 is 2.56 bits per heavy atom. The number of benzene rings is 2. The molecule has 2 aliphatic rings. The van der Waals surface area contributed by atoms with Gasteiger partial charge in [-0.2, -0.15) is 5.26 Å². The van der Waals surface area contributed by atoms with E-state index in [9.17, 15) is 9.18 Å². The first-order chi connectivity index (χ1) is 15.5. The van der Waals surface area contributed by atoms with Gasteiger partial charge in [0.05, 0.1) is 17.1 Å². The number of hydrogen-bond donors (Lipinski definition) is 0. The highest BCUT2D eigenvalue weighted by Crippen LogP contribution is 2.49. The van der Waals surface area contributed by atoms with Crippen molar-refractivity contribution in [1.82, 2.24) is 9.88 Å². The minimum absolute atomic E-state index is 0.00180. The second kappa shape index (κ2) is 7.90. The Balaban J connectivity index is 1.22. The molecule has 162 valence electrons. The molecule has 0 unspecified atom stereocenters. The molecule has 2 amide bonds. The smallest absolute Gasteiger partial charge is 0.323 e. The first-order valence-electron chi connectivity index (χ1n) is 11.0. The van der Waals surface area contributed by atoms with Gasteiger partial charge in [-0.1, -0.05) is 0 Å². The molecular formula is C26H25FN4O. The molecule has 3 aromatic rings. The minimum Gasteiger partial charge on any atom is -0.323 e. The summed E-state index contributed by atoms with van der Waals surface area (Å²) in [5.41, 5.74) is 3.60. The van der Waals surface area contributed by atoms with Gasteiger partial charge in [-0.05, 0) is 85.7 Å². The highest BCUT2D eigenvalue weighted by molar-refractivity contribution is 5.92. The maximum Gasteiger partial charge on any atom is 0.324 e. The predicted octanol–water partition coefficient (Wildman–Crippen LogP) is 5.46. The molecular weight excluding hydrogens is 403 g/mol. The van der Waals surface area contributed by atoms with E-state index in [0.29, 0.717) is 11.5 Å². The zero-order chi connectivity index (χ0) is 22.3. The van der Waals surface area contributed by atoms with Gasteiger partial charge < -0.3 is 4.90 Å². The van der Waals surface area contributed by atoms with Crippen LogP contribution in [-0.4, -0.2) is 36.1 Å². The summed E-state index contributed by atoms with van der Waals surface area (Å²) in [5.74, 6) is 0.178. The van der Waals surface area contributed by atoms with Crippen LogP contribution in [0.4, 0.5) is 14.9 Å². The van der Waals surface area contributed by atoms with Crippen LogP contribution in [-0.2, 0) is 0 Å². The summed E-state index contributed by atoms with van der Waals surface area (Å²) in [5, 5.41) is 9.87. The lowest BCUT2D eigenvalue weighted by atomic mass is 9.64. The fourth-order valence-electron chi connectivity index (χ4n) is 5.33. The largest absolute Gasteiger partial charge is 0.324 e. The van der Waals surface area contributed by atoms with Crippen molar-refractivity contribution in [3.63, 3.8) is 0 Å². The lowest BCUT2D eigenvalue weighted by molar-refractivity contribution is -0.000926. The van der Waals surface area contributed by atoms with E-state index in [4.69, 9.17) is 5.26 Å². The summed E-state index contributed by atoms with van der Waals surface area (Å²) >= 11 is 0. The monoisotopic (exact) mass is 428 g/mol. The van der Waals surface area contributed by atoms with Crippen LogP contribution in [0.2, 0.25) is 0 Å². The van der Waals surface area contributed by atoms with Gasteiger partial charge in [0.15, 0.2) is 0 Å². The number of carbonyl (C=O) groups is 1. The van der Waals surface area contributed by atoms with Crippen LogP contribution in [0.15, 0.2) is 54.7 Å². The number of carbonyl (C=O) groups excluding carboxylic acids is 1. The molecule has 32 heavy (non-hydrogen) atoms. The third-order valence-electron chi connectivity index (χ3n) is 7.22. The maximum absolute atomic E-state index is 13.8. The second-order valence-corrected chi connectivity index (χ2v) is 9.19. The number of pyridine rings is 1. The van der Waals surface area contributed by atoms with Crippen LogP contribution >= 0.6 is 0 Å². The Morgan fingerprint density at radius 2 is 1.88 bits per heavy atom. The van der Waals surface area contributed by atoms with Crippen LogP contribution in [0.3, 0.4) is 0 Å². The number of nitrogens with zero attached hydrogens (tertiary/aromatic N) is 4. The fraction of sp³-hybridized carbons (Fsp3) is 0.346. The number of rotatable bonds is 2. The number of aromatic nitrogens is 1. The van der Waals surface area contributed by atoms with E-state index < -0.39 is 0 Å². The first kappa shape index (κ1) is 20.4. The summed E-state index contributed by atoms with van der Waals surface area (Å²) < 4.78 is 13.8. The predicted molar refractivity (Wildman–Crippen MR) is 122 cm³/mol. The van der Waals surface area contributed by atoms with E-state index in [-0.39, 0.29) is 17.3 Å². The van der Waals surface area contributed by atoms with Crippen molar-refractivity contribution >= 4 is 22.6 Å². The van der Waals surface area contributed by atoms with Gasteiger partial charge in [0.2, 0.25) is 0 Å². The summed E-state index contributed by atoms with van der Waals surface area (Å²) in [6.07, 6.45) is 6.05. The maximum atomic E-state index is 13.8. The van der Waals surface area contributed by atoms with Crippen molar-refractivity contribution in [3.8, 4) is 6.07 Å². The summed E-state index contributed by atoms with van der Waals surface area (Å²) in [4.78, 5) is 20.9. The van der Waals surface area contributed by atoms with Crippen LogP contribution in [0, 0.1) is 22.6 Å². The normalized spacial score (nSPS) is 17.7. The molecule has 2 heterocycles. The molecule has 5 nitrogen and oxygen atoms in total. The molecule has 2 aromatic carbocycles. The first-order valence-corrected chi connectivity index (χ1v) is 11.0. The summed E-state index contributed by atoms with van der Waals surface area (Å²) in [6, 6.07) is 16.0. The van der Waals surface area contributed by atoms with Crippen LogP contribution in [0.1, 0.15) is 42.7 Å². The van der Waals surface area contributed by atoms with Crippen molar-refractivity contribution in [3.05, 3.63) is 71.7 Å². The van der Waals surface area contributed by atoms with Crippen molar-refractivity contribution in [1.29, 1.82) is 5.26 Å². The number of likely N-dealkylation sites (tertiary alicyclic amines) is 1. The Kier molecular flexibility index (Phi) is 5.05. The second-order valence-electron chi connectivity index (χ2n) is 9.19. The molecule has 1 saturated heterocycles. The number of nitriles is 1. The average Bonchev–Trinajstić information content (AvgIpc) is 2.81. The highest BCUT2D eigenvalue weighted by Gasteiger charge is 2.47. The van der Waals surface area contributed by atoms with E-state index in [1.165, 1.54) is 11.6 Å². The zero-order valence-electron chi connectivity index (χ0n) is 18.1. The molecule has 6 heteroatoms. The van der Waals surface area contributed by atoms with Crippen LogP contribution < -0.4 is 4.90 Å². The quantitative estimate of drug-likeness (QED) is 0.544. The number of amides is 2. The van der Waals surface area contributed by atoms with Gasteiger partial charge in [0.25, 0.3) is 0 Å². The molecule has 1 saturated carbocycles. The van der Waals surface area contributed by atoms with Crippen molar-refractivity contribution in [2.24, 2.45) is 5.41 Å². The molecule has 1 aromatic heterocycles. The molecule has 0 radical (unpaired) electrons. The third kappa shape index (κ3) is 3.58. The van der Waals surface area contributed by atoms with Crippen molar-refractivity contribution in [2.45, 2.75) is 31.6 Å². The number of fused-ring (bicyclic) bond motifs is 1. The van der Waals surface area contributed by atoms with E-state index >= 15 is 0 Å². The van der Waals surface area contributed by atoms with Gasteiger partial charge in [-0.25, -0.2) is 9.18 Å². The molecule has 1 aliphatic carbocycles. The minimum atomic E-state index is -0.224. The molecule has 1 aliphatic heterocycles. The van der Waals surface area contributed by atoms with Crippen molar-refractivity contribution < 1.29 is 9.18 Å². The van der Waals surface area contributed by atoms with Gasteiger partial charge in [-0.15, -0.1) is 0 Å². The van der Waals surface area contributed by atoms with E-state index in [1.807, 2.05) is 17.2 Å². The topological polar surface area (TPSA) is 60.2 Å². The van der Waals surface area contributed by atoms with Gasteiger partial charge in [0.1, 0.15) is 5.82 Å². The molecule has 1 spiro atoms. The summed E-state index contributed by atoms with van der Waals surface area (Å²) in [6.45, 7) is 1.57. The molecule has 0 N–H and O–H groups in total. The fourth-order valence-corrected chi connectivity index (χ4v) is 5.33. The number of hydrogen-bond acceptors (Lipinski definition) is 3. The van der Waals surface area contributed by atoms with Crippen molar-refractivity contribution in [2.75, 3.05) is 25.0 Å². The third-order valence-corrected chi connectivity index (χ3v) is 7.22. The molecule has 2 fully saturated rings. The molecule has 5 rings (SSSR count). The standard InChI is InChI=1S/C26H25FN4O/c1-30(21-5-2-18(15-28)3-6-21)25(32)31-16-26(17-31)11-8-19(9-12-26)22-10-13-29-24-7-4-20(27)14-23(22)24/h2-7,10,13-14,19H,8-9,11-12,16-17H2,1H3. The van der Waals surface area contributed by atoms with E-state index in [2.05, 4.69) is 11.1 Å². The SMILES string of the molecule is CN(C(=O)N1CC2(CCC(c3ccnc4ccc(F)cc34)CC2)C1)c1ccc(C#N)cc1. The summed E-state index contributed by atoms with van der Waals surface area (Å²) in [7, 11) is 1.78. The Labute approximate surface area is 187 Å². The van der Waals surface area contributed by atoms with Gasteiger partial charge in [-0.3, -0.25) is 9.88 Å². The lowest BCUT2D eigenvalue weighted by Gasteiger charge is -2.54. The number of urea groups is 1. The molecule has 0 atom stereocenters. The van der Waals surface area contributed by atoms with Crippen LogP contribution in [0.25, 0.3) is 10.9 Å². The zero-order valence-corrected chi connectivity index (χ0v) is 18.1. The van der Waals surface area contributed by atoms with Gasteiger partial charge >= 0.3 is 6.03 Å². The molecule has 0 bridgehead atoms. The average molecular weight is 429 g/mol. The van der Waals surface area contributed by atoms with Crippen LogP contribution in [0.5, 0.6) is 0 Å². The van der Waals surface area contributed by atoms with E-state index in [0.717, 1.165) is 55.4 Å². The Hall–Kier alpha value is -3.46. The highest BCUT2D eigenvalue weighted by atomic mass is 19.1.